The van der Waals surface area contributed by atoms with E-state index in [9.17, 15) is 50.4 Å². The topological polar surface area (TPSA) is 288 Å². The third-order valence-electron chi connectivity index (χ3n) is 22.3. The summed E-state index contributed by atoms with van der Waals surface area (Å²) >= 11 is 0. The fraction of sp³-hybridized carbons (Fsp3) is 0.821. The van der Waals surface area contributed by atoms with Crippen LogP contribution < -0.4 is 0 Å². The van der Waals surface area contributed by atoms with E-state index in [-0.39, 0.29) is 92.8 Å². The van der Waals surface area contributed by atoms with Crippen molar-refractivity contribution in [2.45, 2.75) is 333 Å². The molecule has 98 heavy (non-hydrogen) atoms. The van der Waals surface area contributed by atoms with Gasteiger partial charge in [0.05, 0.1) is 122 Å². The first kappa shape index (κ1) is 85.4. The van der Waals surface area contributed by atoms with Crippen molar-refractivity contribution >= 4 is 11.9 Å². The minimum atomic E-state index is -1.17. The van der Waals surface area contributed by atoms with Crippen LogP contribution in [-0.4, -0.2) is 216 Å². The van der Waals surface area contributed by atoms with Gasteiger partial charge in [0.2, 0.25) is 0 Å². The molecule has 2 fully saturated rings. The molecular formula is C78H132O20. The minimum absolute atomic E-state index is 0.0282. The Kier molecular flexibility index (Phi) is 37.6. The predicted molar refractivity (Wildman–Crippen MR) is 377 cm³/mol. The molecule has 0 aromatic carbocycles. The van der Waals surface area contributed by atoms with Crippen LogP contribution in [0.5, 0.6) is 0 Å². The number of methoxy groups -OCH3 is 4. The summed E-state index contributed by atoms with van der Waals surface area (Å²) in [5, 5.41) is 94.1. The Morgan fingerprint density at radius 1 is 0.469 bits per heavy atom. The number of hydrogen-bond donors (Lipinski definition) is 8. The summed E-state index contributed by atoms with van der Waals surface area (Å²) in [4.78, 5) is 27.8. The molecule has 0 amide bonds. The molecule has 0 spiro atoms. The third-order valence-corrected chi connectivity index (χ3v) is 22.3. The summed E-state index contributed by atoms with van der Waals surface area (Å²) in [7, 11) is 6.59. The van der Waals surface area contributed by atoms with Crippen LogP contribution in [0.2, 0.25) is 0 Å². The number of esters is 2. The Bertz CT molecular complexity index is 2480. The summed E-state index contributed by atoms with van der Waals surface area (Å²) in [6.07, 6.45) is 14.3. The SMILES string of the molecule is CO[C@H]1C[C@H](CC[C@H](C)[C@H](O)[C@H](C)[C@H]2OC(=O)/C=C/C(C)=C/C[C@H](O)C[C@@H]3C=CC[C@@H](C[C@H](OC)[C@@H](C)[C@@H](O)C[C@@H](O)[C@H](C)[C@H](O)[C@@H](C)[C@H]([C@@H](C)CC[C@H]4C[C@H](OC)C[C@H](C)O4)OC(=O)/C=C/C(C)=C/C[C@H](O)C[C@@H]4C=CC[C@@H](C[C@H](OC)[C@@H](C)[C@@H](O)C[C@@H](O)[C@@H]2C)O4)O3)O[C@@H](C)C1. The Hall–Kier alpha value is -3.26. The lowest BCUT2D eigenvalue weighted by atomic mass is 9.78. The van der Waals surface area contributed by atoms with Crippen molar-refractivity contribution in [3.8, 4) is 0 Å². The second-order valence-electron chi connectivity index (χ2n) is 30.3. The van der Waals surface area contributed by atoms with Gasteiger partial charge >= 0.3 is 11.9 Å². The number of ether oxygens (including phenoxy) is 10. The number of aliphatic hydroxyl groups excluding tert-OH is 8. The molecule has 0 radical (unpaired) electrons. The third kappa shape index (κ3) is 28.1. The highest BCUT2D eigenvalue weighted by Gasteiger charge is 2.42. The lowest BCUT2D eigenvalue weighted by Crippen LogP contribution is -2.45. The van der Waals surface area contributed by atoms with Crippen molar-refractivity contribution in [1.82, 2.24) is 0 Å². The number of allylic oxidation sites excluding steroid dienone is 4. The number of fused-ring (bicyclic) bond motifs is 4. The molecule has 5 heterocycles. The van der Waals surface area contributed by atoms with Crippen molar-refractivity contribution in [1.29, 1.82) is 0 Å². The van der Waals surface area contributed by atoms with Gasteiger partial charge in [0.15, 0.2) is 0 Å². The normalized spacial score (nSPS) is 42.2. The quantitative estimate of drug-likeness (QED) is 0.0593. The zero-order valence-corrected chi connectivity index (χ0v) is 62.3. The number of carbonyl (C=O) groups excluding carboxylic acids is 2. The van der Waals surface area contributed by atoms with Crippen LogP contribution in [0.4, 0.5) is 0 Å². The molecule has 0 aliphatic carbocycles. The van der Waals surface area contributed by atoms with Crippen molar-refractivity contribution in [3.63, 3.8) is 0 Å². The van der Waals surface area contributed by atoms with Gasteiger partial charge in [0, 0.05) is 102 Å². The van der Waals surface area contributed by atoms with Gasteiger partial charge in [-0.15, -0.1) is 0 Å². The maximum Gasteiger partial charge on any atom is 0.331 e. The van der Waals surface area contributed by atoms with Gasteiger partial charge in [-0.3, -0.25) is 0 Å². The van der Waals surface area contributed by atoms with Gasteiger partial charge in [-0.25, -0.2) is 9.59 Å². The molecule has 2 saturated heterocycles. The van der Waals surface area contributed by atoms with Crippen LogP contribution >= 0.6 is 0 Å². The monoisotopic (exact) mass is 1390 g/mol. The second-order valence-corrected chi connectivity index (χ2v) is 30.3. The van der Waals surface area contributed by atoms with E-state index in [1.54, 1.807) is 54.4 Å². The second kappa shape index (κ2) is 43.1. The Morgan fingerprint density at radius 2 is 0.888 bits per heavy atom. The molecule has 20 nitrogen and oxygen atoms in total. The fourth-order valence-electron chi connectivity index (χ4n) is 15.4. The molecule has 564 valence electrons. The Balaban J connectivity index is 1.37. The van der Waals surface area contributed by atoms with E-state index in [2.05, 4.69) is 0 Å². The first-order valence-electron chi connectivity index (χ1n) is 37.1. The number of rotatable bonds is 14. The highest BCUT2D eigenvalue weighted by Crippen LogP contribution is 2.37. The van der Waals surface area contributed by atoms with Crippen LogP contribution in [0.3, 0.4) is 0 Å². The van der Waals surface area contributed by atoms with Crippen molar-refractivity contribution in [3.05, 3.63) is 71.9 Å². The van der Waals surface area contributed by atoms with E-state index in [4.69, 9.17) is 47.4 Å². The molecule has 5 rings (SSSR count). The average Bonchev–Trinajstić information content (AvgIpc) is 0.850. The van der Waals surface area contributed by atoms with E-state index >= 15 is 0 Å². The molecule has 0 unspecified atom stereocenters. The predicted octanol–water partition coefficient (Wildman–Crippen LogP) is 10.1. The Morgan fingerprint density at radius 3 is 1.33 bits per heavy atom. The van der Waals surface area contributed by atoms with Crippen LogP contribution in [0.15, 0.2) is 71.9 Å². The molecular weight excluding hydrogens is 1260 g/mol. The standard InChI is InChI=1S/C78H132O20/c1-45-23-29-57(79)37-60-20-18-22-62(96-60)42-72(92-16)52(8)68(82)44-70(84)54(10)78(55(11)75(87)47(3)27-31-63-39-65(89-13)35-49(5)93-63)98-74(86)34-26-46(2)24-30-58(80)38-59-19-17-21-61(95-59)41-71(91-15)51(7)67(81)43-69(83)53(9)76(88)56(12)77(97-73(85)33-25-45)48(4)28-32-64-40-66(90-14)36-50(6)94-64/h17-20,23-26,33-34,47-72,75-84,87-88H,21-22,27-32,35-44H2,1-16H3/b33-25+,34-26+,45-23+,46-24+/t47-,48-,49-,50-,51-,52-,53-,54-,55-,56+,57-,58-,59-,60-,61-,62-,63-,64-,65+,66+,67-,68-,69+,70+,71-,72-,75-,76-,77-,78-/m0/s1. The summed E-state index contributed by atoms with van der Waals surface area (Å²) in [6, 6.07) is 0. The highest BCUT2D eigenvalue weighted by atomic mass is 16.6. The van der Waals surface area contributed by atoms with Gasteiger partial charge in [-0.2, -0.15) is 0 Å². The van der Waals surface area contributed by atoms with Crippen molar-refractivity contribution < 1.29 is 97.8 Å². The van der Waals surface area contributed by atoms with E-state index < -0.39 is 133 Å². The molecule has 0 saturated carbocycles. The van der Waals surface area contributed by atoms with E-state index in [1.807, 2.05) is 106 Å². The van der Waals surface area contributed by atoms with Gasteiger partial charge < -0.3 is 88.2 Å². The molecule has 4 bridgehead atoms. The summed E-state index contributed by atoms with van der Waals surface area (Å²) < 4.78 is 61.4. The van der Waals surface area contributed by atoms with Crippen molar-refractivity contribution in [2.24, 2.45) is 47.3 Å². The number of carbonyl (C=O) groups is 2. The van der Waals surface area contributed by atoms with Gasteiger partial charge in [-0.1, -0.05) is 115 Å². The molecule has 5 aliphatic rings. The number of hydrogen-bond acceptors (Lipinski definition) is 20. The lowest BCUT2D eigenvalue weighted by molar-refractivity contribution is -0.158. The smallest absolute Gasteiger partial charge is 0.331 e. The van der Waals surface area contributed by atoms with Gasteiger partial charge in [0.25, 0.3) is 0 Å². The molecule has 5 aliphatic heterocycles. The zero-order valence-electron chi connectivity index (χ0n) is 62.3. The van der Waals surface area contributed by atoms with Gasteiger partial charge in [0.1, 0.15) is 12.2 Å². The molecule has 8 N–H and O–H groups in total. The zero-order chi connectivity index (χ0) is 72.5. The highest BCUT2D eigenvalue weighted by molar-refractivity contribution is 5.83. The van der Waals surface area contributed by atoms with Crippen LogP contribution in [0.25, 0.3) is 0 Å². The molecule has 20 heteroatoms. The van der Waals surface area contributed by atoms with E-state index in [0.29, 0.717) is 63.4 Å². The molecule has 0 aromatic rings. The summed E-state index contributed by atoms with van der Waals surface area (Å²) in [5.41, 5.74) is 1.41. The van der Waals surface area contributed by atoms with E-state index in [0.717, 1.165) is 31.3 Å². The van der Waals surface area contributed by atoms with Crippen LogP contribution in [0.1, 0.15) is 199 Å². The first-order valence-corrected chi connectivity index (χ1v) is 37.1. The van der Waals surface area contributed by atoms with Gasteiger partial charge in [-0.05, 0) is 129 Å². The first-order chi connectivity index (χ1) is 46.4. The maximum atomic E-state index is 13.9. The number of aliphatic hydroxyl groups is 8. The number of cyclic esters (lactones) is 2. The summed E-state index contributed by atoms with van der Waals surface area (Å²) in [5.74, 6) is -5.42. The molecule has 30 atom stereocenters. The lowest BCUT2D eigenvalue weighted by Gasteiger charge is -2.38. The maximum absolute atomic E-state index is 13.9. The molecule has 0 aromatic heterocycles. The van der Waals surface area contributed by atoms with Crippen LogP contribution in [0, 0.1) is 47.3 Å². The van der Waals surface area contributed by atoms with Crippen molar-refractivity contribution in [2.75, 3.05) is 28.4 Å². The summed E-state index contributed by atoms with van der Waals surface area (Å²) in [6.45, 7) is 22.6. The average molecular weight is 1390 g/mol. The minimum Gasteiger partial charge on any atom is -0.459 e. The Labute approximate surface area is 587 Å². The van der Waals surface area contributed by atoms with E-state index in [1.165, 1.54) is 12.2 Å². The van der Waals surface area contributed by atoms with Crippen LogP contribution in [-0.2, 0) is 57.0 Å². The fourth-order valence-corrected chi connectivity index (χ4v) is 15.4. The largest absolute Gasteiger partial charge is 0.459 e.